The smallest absolute Gasteiger partial charge is 0.00654 e. The average molecular weight is 238 g/mol. The zero-order chi connectivity index (χ0) is 10.2. The van der Waals surface area contributed by atoms with Gasteiger partial charge in [0.05, 0.1) is 0 Å². The van der Waals surface area contributed by atoms with Gasteiger partial charge < -0.3 is 0 Å². The van der Waals surface area contributed by atoms with Gasteiger partial charge in [0.15, 0.2) is 0 Å². The van der Waals surface area contributed by atoms with Gasteiger partial charge in [0.1, 0.15) is 0 Å². The molecule has 0 unspecified atom stereocenters. The third kappa shape index (κ3) is 6.99. The SMILES string of the molecule is CCCCP(=S)(CCCC)SCC. The Balaban J connectivity index is 3.92. The van der Waals surface area contributed by atoms with Crippen LogP contribution < -0.4 is 0 Å². The summed E-state index contributed by atoms with van der Waals surface area (Å²) in [6, 6.07) is 0. The van der Waals surface area contributed by atoms with Crippen molar-refractivity contribution in [3.8, 4) is 0 Å². The first kappa shape index (κ1) is 14.0. The van der Waals surface area contributed by atoms with Gasteiger partial charge in [-0.2, -0.15) is 0 Å². The Morgan fingerprint density at radius 3 is 1.77 bits per heavy atom. The Morgan fingerprint density at radius 1 is 1.00 bits per heavy atom. The van der Waals surface area contributed by atoms with E-state index in [1.165, 1.54) is 43.8 Å². The molecule has 0 aromatic rings. The summed E-state index contributed by atoms with van der Waals surface area (Å²) in [6.45, 7) is 6.76. The summed E-state index contributed by atoms with van der Waals surface area (Å²) >= 11 is 7.89. The van der Waals surface area contributed by atoms with E-state index in [-0.39, 0.29) is 0 Å². The highest BCUT2D eigenvalue weighted by atomic mass is 32.9. The molecule has 0 aliphatic carbocycles. The molecule has 0 saturated heterocycles. The molecule has 80 valence electrons. The Hall–Kier alpha value is 1.00. The van der Waals surface area contributed by atoms with Gasteiger partial charge in [0.25, 0.3) is 0 Å². The second-order valence-electron chi connectivity index (χ2n) is 3.39. The number of hydrogen-bond donors (Lipinski definition) is 0. The standard InChI is InChI=1S/C10H23PS2/c1-4-7-9-11(12,13-6-3)10-8-5-2/h4-10H2,1-3H3. The lowest BCUT2D eigenvalue weighted by Gasteiger charge is -2.20. The van der Waals surface area contributed by atoms with Crippen LogP contribution in [0.1, 0.15) is 46.5 Å². The van der Waals surface area contributed by atoms with E-state index >= 15 is 0 Å². The van der Waals surface area contributed by atoms with Crippen molar-refractivity contribution in [2.24, 2.45) is 0 Å². The molecular weight excluding hydrogens is 215 g/mol. The lowest BCUT2D eigenvalue weighted by Crippen LogP contribution is -1.92. The van der Waals surface area contributed by atoms with Gasteiger partial charge in [-0.25, -0.2) is 0 Å². The van der Waals surface area contributed by atoms with Crippen LogP contribution in [0.5, 0.6) is 0 Å². The molecule has 0 N–H and O–H groups in total. The van der Waals surface area contributed by atoms with Crippen LogP contribution in [-0.4, -0.2) is 18.1 Å². The molecule has 0 bridgehead atoms. The van der Waals surface area contributed by atoms with Gasteiger partial charge in [-0.3, -0.25) is 0 Å². The molecular formula is C10H23PS2. The van der Waals surface area contributed by atoms with Crippen molar-refractivity contribution in [1.29, 1.82) is 0 Å². The monoisotopic (exact) mass is 238 g/mol. The minimum Gasteiger partial charge on any atom is -0.124 e. The predicted octanol–water partition coefficient (Wildman–Crippen LogP) is 4.73. The average Bonchev–Trinajstić information content (AvgIpc) is 2.12. The molecule has 0 aliphatic rings. The van der Waals surface area contributed by atoms with E-state index in [4.69, 9.17) is 11.8 Å². The fourth-order valence-electron chi connectivity index (χ4n) is 1.27. The van der Waals surface area contributed by atoms with E-state index < -0.39 is 5.24 Å². The largest absolute Gasteiger partial charge is 0.124 e. The van der Waals surface area contributed by atoms with Crippen LogP contribution in [0, 0.1) is 0 Å². The molecule has 0 saturated carbocycles. The minimum atomic E-state index is -1.00. The molecule has 0 spiro atoms. The zero-order valence-corrected chi connectivity index (χ0v) is 11.7. The summed E-state index contributed by atoms with van der Waals surface area (Å²) in [5, 5.41) is -1.00. The first-order valence-electron chi connectivity index (χ1n) is 5.41. The summed E-state index contributed by atoms with van der Waals surface area (Å²) in [4.78, 5) is 0. The Bertz CT molecular complexity index is 145. The molecule has 0 rings (SSSR count). The fraction of sp³-hybridized carbons (Fsp3) is 1.00. The Kier molecular flexibility index (Phi) is 8.96. The maximum Gasteiger partial charge on any atom is 0.00654 e. The van der Waals surface area contributed by atoms with Gasteiger partial charge >= 0.3 is 0 Å². The molecule has 3 heteroatoms. The second-order valence-corrected chi connectivity index (χ2v) is 12.4. The van der Waals surface area contributed by atoms with Crippen LogP contribution in [0.2, 0.25) is 0 Å². The third-order valence-electron chi connectivity index (χ3n) is 2.07. The molecule has 0 radical (unpaired) electrons. The van der Waals surface area contributed by atoms with Crippen LogP contribution in [0.15, 0.2) is 0 Å². The van der Waals surface area contributed by atoms with Crippen molar-refractivity contribution in [3.63, 3.8) is 0 Å². The molecule has 13 heavy (non-hydrogen) atoms. The zero-order valence-electron chi connectivity index (χ0n) is 9.21. The highest BCUT2D eigenvalue weighted by molar-refractivity contribution is 8.70. The van der Waals surface area contributed by atoms with E-state index in [1.54, 1.807) is 0 Å². The van der Waals surface area contributed by atoms with Crippen LogP contribution in [-0.2, 0) is 11.8 Å². The van der Waals surface area contributed by atoms with Crippen molar-refractivity contribution < 1.29 is 0 Å². The lowest BCUT2D eigenvalue weighted by molar-refractivity contribution is 0.872. The van der Waals surface area contributed by atoms with E-state index in [1.807, 2.05) is 0 Å². The maximum atomic E-state index is 5.81. The van der Waals surface area contributed by atoms with Gasteiger partial charge in [-0.1, -0.05) is 45.4 Å². The summed E-state index contributed by atoms with van der Waals surface area (Å²) in [5.74, 6) is 1.21. The summed E-state index contributed by atoms with van der Waals surface area (Å²) < 4.78 is 0. The lowest BCUT2D eigenvalue weighted by atomic mass is 10.4. The molecule has 0 heterocycles. The number of unbranched alkanes of at least 4 members (excludes halogenated alkanes) is 2. The van der Waals surface area contributed by atoms with Crippen molar-refractivity contribution >= 4 is 28.4 Å². The van der Waals surface area contributed by atoms with Crippen molar-refractivity contribution in [2.45, 2.75) is 46.5 Å². The molecule has 0 atom stereocenters. The third-order valence-corrected chi connectivity index (χ3v) is 10.1. The molecule has 0 aromatic carbocycles. The minimum absolute atomic E-state index is 1.00. The molecule has 0 aliphatic heterocycles. The fourth-order valence-corrected chi connectivity index (χ4v) is 8.51. The van der Waals surface area contributed by atoms with Gasteiger partial charge in [0, 0.05) is 5.24 Å². The highest BCUT2D eigenvalue weighted by Crippen LogP contribution is 2.59. The number of hydrogen-bond acceptors (Lipinski definition) is 2. The second kappa shape index (κ2) is 8.32. The van der Waals surface area contributed by atoms with E-state index in [0.29, 0.717) is 0 Å². The van der Waals surface area contributed by atoms with Gasteiger partial charge in [-0.05, 0) is 30.9 Å². The van der Waals surface area contributed by atoms with Crippen LogP contribution in [0.25, 0.3) is 0 Å². The van der Waals surface area contributed by atoms with Crippen molar-refractivity contribution in [2.75, 3.05) is 18.1 Å². The quantitative estimate of drug-likeness (QED) is 0.560. The van der Waals surface area contributed by atoms with Gasteiger partial charge in [0.2, 0.25) is 0 Å². The summed E-state index contributed by atoms with van der Waals surface area (Å²) in [5.41, 5.74) is 0. The maximum absolute atomic E-state index is 5.81. The Labute approximate surface area is 93.0 Å². The van der Waals surface area contributed by atoms with E-state index in [2.05, 4.69) is 32.2 Å². The molecule has 0 aromatic heterocycles. The summed E-state index contributed by atoms with van der Waals surface area (Å²) in [7, 11) is 0. The molecule has 0 fully saturated rings. The number of rotatable bonds is 8. The predicted molar refractivity (Wildman–Crippen MR) is 72.0 cm³/mol. The van der Waals surface area contributed by atoms with E-state index in [9.17, 15) is 0 Å². The Morgan fingerprint density at radius 2 is 1.46 bits per heavy atom. The van der Waals surface area contributed by atoms with E-state index in [0.717, 1.165) is 0 Å². The first-order chi connectivity index (χ1) is 6.18. The molecule has 0 nitrogen and oxygen atoms in total. The van der Waals surface area contributed by atoms with Crippen LogP contribution in [0.4, 0.5) is 0 Å². The highest BCUT2D eigenvalue weighted by Gasteiger charge is 2.14. The van der Waals surface area contributed by atoms with Crippen molar-refractivity contribution in [3.05, 3.63) is 0 Å². The first-order valence-corrected chi connectivity index (χ1v) is 10.2. The topological polar surface area (TPSA) is 0 Å². The normalized spacial score (nSPS) is 11.9. The van der Waals surface area contributed by atoms with Crippen LogP contribution >= 0.6 is 16.6 Å². The van der Waals surface area contributed by atoms with Gasteiger partial charge in [-0.15, -0.1) is 11.4 Å². The van der Waals surface area contributed by atoms with Crippen molar-refractivity contribution in [1.82, 2.24) is 0 Å². The molecule has 0 amide bonds. The summed E-state index contributed by atoms with van der Waals surface area (Å²) in [6.07, 6.45) is 7.94. The van der Waals surface area contributed by atoms with Crippen LogP contribution in [0.3, 0.4) is 0 Å².